The molecule has 0 fully saturated rings. The monoisotopic (exact) mass is 292 g/mol. The third kappa shape index (κ3) is 3.77. The summed E-state index contributed by atoms with van der Waals surface area (Å²) in [5, 5.41) is 0.257. The van der Waals surface area contributed by atoms with Gasteiger partial charge in [0.15, 0.2) is 0 Å². The maximum Gasteiger partial charge on any atom is 0.276 e. The molecular formula is C9H10BrClN2O2. The molecule has 4 nitrogen and oxygen atoms in total. The van der Waals surface area contributed by atoms with Crippen molar-refractivity contribution in [3.05, 3.63) is 27.5 Å². The van der Waals surface area contributed by atoms with Crippen molar-refractivity contribution in [1.82, 2.24) is 10.5 Å². The second-order valence-corrected chi connectivity index (χ2v) is 4.33. The van der Waals surface area contributed by atoms with Crippen molar-refractivity contribution >= 4 is 33.4 Å². The highest BCUT2D eigenvalue weighted by Crippen LogP contribution is 2.18. The third-order valence-corrected chi connectivity index (χ3v) is 2.29. The number of aromatic nitrogens is 1. The summed E-state index contributed by atoms with van der Waals surface area (Å²) in [5.41, 5.74) is 2.70. The molecule has 0 unspecified atom stereocenters. The van der Waals surface area contributed by atoms with E-state index in [1.807, 2.05) is 13.8 Å². The van der Waals surface area contributed by atoms with Gasteiger partial charge in [0, 0.05) is 10.7 Å². The zero-order valence-electron chi connectivity index (χ0n) is 8.25. The standard InChI is InChI=1S/C9H10BrClN2O2/c1-5(2)15-13-9(14)6-3-8(11)12-4-7(6)10/h3-5H,1-2H3,(H,13,14). The molecule has 0 atom stereocenters. The van der Waals surface area contributed by atoms with Gasteiger partial charge in [-0.25, -0.2) is 10.5 Å². The summed E-state index contributed by atoms with van der Waals surface area (Å²) in [6.07, 6.45) is 1.39. The Kier molecular flexibility index (Phi) is 4.50. The molecule has 0 saturated carbocycles. The van der Waals surface area contributed by atoms with Gasteiger partial charge in [0.2, 0.25) is 0 Å². The van der Waals surface area contributed by atoms with Gasteiger partial charge in [-0.05, 0) is 35.8 Å². The number of hydroxylamine groups is 1. The number of nitrogens with zero attached hydrogens (tertiary/aromatic N) is 1. The van der Waals surface area contributed by atoms with Gasteiger partial charge in [-0.2, -0.15) is 0 Å². The van der Waals surface area contributed by atoms with E-state index < -0.39 is 0 Å². The quantitative estimate of drug-likeness (QED) is 0.688. The zero-order valence-corrected chi connectivity index (χ0v) is 10.6. The fraction of sp³-hybridized carbons (Fsp3) is 0.333. The Balaban J connectivity index is 2.77. The van der Waals surface area contributed by atoms with Crippen molar-refractivity contribution in [1.29, 1.82) is 0 Å². The topological polar surface area (TPSA) is 51.2 Å². The Labute approximate surface area is 101 Å². The maximum atomic E-state index is 11.6. The van der Waals surface area contributed by atoms with Crippen LogP contribution in [0.1, 0.15) is 24.2 Å². The summed E-state index contributed by atoms with van der Waals surface area (Å²) in [5.74, 6) is -0.361. The van der Waals surface area contributed by atoms with Crippen LogP contribution in [-0.4, -0.2) is 17.0 Å². The van der Waals surface area contributed by atoms with E-state index in [2.05, 4.69) is 26.4 Å². The molecule has 1 aromatic heterocycles. The molecule has 1 rings (SSSR count). The number of pyridine rings is 1. The second kappa shape index (κ2) is 5.44. The van der Waals surface area contributed by atoms with E-state index in [0.29, 0.717) is 10.0 Å². The van der Waals surface area contributed by atoms with E-state index in [1.54, 1.807) is 0 Å². The molecule has 0 aromatic carbocycles. The lowest BCUT2D eigenvalue weighted by Crippen LogP contribution is -2.27. The van der Waals surface area contributed by atoms with Gasteiger partial charge in [0.1, 0.15) is 5.15 Å². The van der Waals surface area contributed by atoms with Gasteiger partial charge in [-0.15, -0.1) is 0 Å². The fourth-order valence-corrected chi connectivity index (χ4v) is 1.37. The highest BCUT2D eigenvalue weighted by Gasteiger charge is 2.11. The molecule has 1 N–H and O–H groups in total. The smallest absolute Gasteiger partial charge is 0.271 e. The van der Waals surface area contributed by atoms with Crippen LogP contribution in [0.25, 0.3) is 0 Å². The molecule has 0 aliphatic carbocycles. The Bertz CT molecular complexity index is 371. The molecule has 0 aliphatic rings. The average molecular weight is 294 g/mol. The summed E-state index contributed by atoms with van der Waals surface area (Å²) < 4.78 is 0.566. The van der Waals surface area contributed by atoms with Gasteiger partial charge in [-0.3, -0.25) is 9.63 Å². The van der Waals surface area contributed by atoms with Crippen LogP contribution in [-0.2, 0) is 4.84 Å². The number of hydrogen-bond acceptors (Lipinski definition) is 3. The summed E-state index contributed by atoms with van der Waals surface area (Å²) in [6, 6.07) is 1.46. The highest BCUT2D eigenvalue weighted by atomic mass is 79.9. The van der Waals surface area contributed by atoms with Gasteiger partial charge >= 0.3 is 0 Å². The Hall–Kier alpha value is -0.650. The van der Waals surface area contributed by atoms with Crippen LogP contribution >= 0.6 is 27.5 Å². The van der Waals surface area contributed by atoms with Crippen LogP contribution < -0.4 is 5.48 Å². The Morgan fingerprint density at radius 1 is 1.67 bits per heavy atom. The van der Waals surface area contributed by atoms with E-state index in [0.717, 1.165) is 0 Å². The van der Waals surface area contributed by atoms with Crippen LogP contribution in [0.3, 0.4) is 0 Å². The summed E-state index contributed by atoms with van der Waals surface area (Å²) >= 11 is 8.87. The highest BCUT2D eigenvalue weighted by molar-refractivity contribution is 9.10. The van der Waals surface area contributed by atoms with E-state index in [4.69, 9.17) is 16.4 Å². The van der Waals surface area contributed by atoms with Crippen molar-refractivity contribution < 1.29 is 9.63 Å². The van der Waals surface area contributed by atoms with Gasteiger partial charge < -0.3 is 0 Å². The number of nitrogens with one attached hydrogen (secondary N) is 1. The summed E-state index contributed by atoms with van der Waals surface area (Å²) in [7, 11) is 0. The van der Waals surface area contributed by atoms with E-state index in [-0.39, 0.29) is 17.2 Å². The van der Waals surface area contributed by atoms with Crippen LogP contribution in [0.4, 0.5) is 0 Å². The van der Waals surface area contributed by atoms with Gasteiger partial charge in [-0.1, -0.05) is 11.6 Å². The normalized spacial score (nSPS) is 10.5. The molecule has 15 heavy (non-hydrogen) atoms. The molecule has 82 valence electrons. The van der Waals surface area contributed by atoms with Crippen molar-refractivity contribution in [2.75, 3.05) is 0 Å². The Morgan fingerprint density at radius 2 is 2.33 bits per heavy atom. The van der Waals surface area contributed by atoms with Crippen LogP contribution in [0.15, 0.2) is 16.7 Å². The molecule has 1 aromatic rings. The van der Waals surface area contributed by atoms with Crippen molar-refractivity contribution in [2.24, 2.45) is 0 Å². The van der Waals surface area contributed by atoms with Gasteiger partial charge in [0.05, 0.1) is 11.7 Å². The Morgan fingerprint density at radius 3 is 2.93 bits per heavy atom. The van der Waals surface area contributed by atoms with Crippen molar-refractivity contribution in [3.63, 3.8) is 0 Å². The molecule has 1 heterocycles. The second-order valence-electron chi connectivity index (χ2n) is 3.08. The van der Waals surface area contributed by atoms with Crippen LogP contribution in [0, 0.1) is 0 Å². The molecule has 0 spiro atoms. The van der Waals surface area contributed by atoms with E-state index >= 15 is 0 Å². The molecule has 0 saturated heterocycles. The molecule has 0 bridgehead atoms. The predicted octanol–water partition coefficient (Wildman–Crippen LogP) is 2.57. The zero-order chi connectivity index (χ0) is 11.4. The average Bonchev–Trinajstić information content (AvgIpc) is 2.18. The minimum Gasteiger partial charge on any atom is -0.271 e. The molecule has 0 aliphatic heterocycles. The lowest BCUT2D eigenvalue weighted by molar-refractivity contribution is 0.000131. The SMILES string of the molecule is CC(C)ONC(=O)c1cc(Cl)ncc1Br. The minimum absolute atomic E-state index is 0.0787. The van der Waals surface area contributed by atoms with Crippen LogP contribution in [0.2, 0.25) is 5.15 Å². The summed E-state index contributed by atoms with van der Waals surface area (Å²) in [4.78, 5) is 20.4. The minimum atomic E-state index is -0.361. The number of amides is 1. The number of halogens is 2. The molecular weight excluding hydrogens is 283 g/mol. The predicted molar refractivity (Wildman–Crippen MR) is 60.6 cm³/mol. The number of hydrogen-bond donors (Lipinski definition) is 1. The first kappa shape index (κ1) is 12.4. The number of carbonyl (C=O) groups is 1. The maximum absolute atomic E-state index is 11.6. The first-order valence-corrected chi connectivity index (χ1v) is 5.45. The third-order valence-electron chi connectivity index (χ3n) is 1.45. The lowest BCUT2D eigenvalue weighted by Gasteiger charge is -2.09. The first-order chi connectivity index (χ1) is 7.00. The van der Waals surface area contributed by atoms with Crippen LogP contribution in [0.5, 0.6) is 0 Å². The van der Waals surface area contributed by atoms with Gasteiger partial charge in [0.25, 0.3) is 5.91 Å². The lowest BCUT2D eigenvalue weighted by atomic mass is 10.2. The first-order valence-electron chi connectivity index (χ1n) is 4.27. The summed E-state index contributed by atoms with van der Waals surface area (Å²) in [6.45, 7) is 3.63. The molecule has 6 heteroatoms. The van der Waals surface area contributed by atoms with Crippen molar-refractivity contribution in [2.45, 2.75) is 20.0 Å². The van der Waals surface area contributed by atoms with E-state index in [9.17, 15) is 4.79 Å². The molecule has 1 amide bonds. The van der Waals surface area contributed by atoms with Crippen molar-refractivity contribution in [3.8, 4) is 0 Å². The van der Waals surface area contributed by atoms with E-state index in [1.165, 1.54) is 12.3 Å². The molecule has 0 radical (unpaired) electrons. The number of rotatable bonds is 3. The number of carbonyl (C=O) groups excluding carboxylic acids is 1. The largest absolute Gasteiger partial charge is 0.276 e. The fourth-order valence-electron chi connectivity index (χ4n) is 0.814.